The lowest BCUT2D eigenvalue weighted by Gasteiger charge is -2.09. The fourth-order valence-electron chi connectivity index (χ4n) is 4.01. The second-order valence-electron chi connectivity index (χ2n) is 7.34. The zero-order valence-electron chi connectivity index (χ0n) is 15.6. The third-order valence-electron chi connectivity index (χ3n) is 5.48. The Balaban J connectivity index is 1.37. The monoisotopic (exact) mass is 394 g/mol. The van der Waals surface area contributed by atoms with Crippen LogP contribution in [-0.4, -0.2) is 31.1 Å². The summed E-state index contributed by atoms with van der Waals surface area (Å²) in [6.45, 7) is 1.51. The number of cyclic esters (lactones) is 1. The predicted octanol–water partition coefficient (Wildman–Crippen LogP) is 2.62. The fourth-order valence-corrected chi connectivity index (χ4v) is 4.01. The number of ether oxygens (including phenoxy) is 2. The van der Waals surface area contributed by atoms with Crippen LogP contribution in [0.4, 0.5) is 10.1 Å². The quantitative estimate of drug-likeness (QED) is 0.616. The van der Waals surface area contributed by atoms with Gasteiger partial charge in [-0.3, -0.25) is 9.59 Å². The van der Waals surface area contributed by atoms with Crippen LogP contribution in [0.3, 0.4) is 0 Å². The van der Waals surface area contributed by atoms with Gasteiger partial charge in [-0.25, -0.2) is 4.39 Å². The SMILES string of the molecule is O=C1Nc2ccc(F)cc2C1=C1OCc2cc(CCNC3CCOC3=O)ccc21. The van der Waals surface area contributed by atoms with Crippen LogP contribution in [0.2, 0.25) is 0 Å². The number of carbonyl (C=O) groups is 2. The summed E-state index contributed by atoms with van der Waals surface area (Å²) >= 11 is 0. The van der Waals surface area contributed by atoms with Gasteiger partial charge in [-0.15, -0.1) is 0 Å². The highest BCUT2D eigenvalue weighted by Gasteiger charge is 2.33. The highest BCUT2D eigenvalue weighted by atomic mass is 19.1. The second kappa shape index (κ2) is 7.00. The molecule has 29 heavy (non-hydrogen) atoms. The van der Waals surface area contributed by atoms with Crippen molar-refractivity contribution in [2.45, 2.75) is 25.5 Å². The first kappa shape index (κ1) is 17.9. The average molecular weight is 394 g/mol. The molecule has 3 aliphatic heterocycles. The lowest BCUT2D eigenvalue weighted by atomic mass is 9.98. The van der Waals surface area contributed by atoms with E-state index in [0.717, 1.165) is 23.1 Å². The fraction of sp³-hybridized carbons (Fsp3) is 0.273. The molecule has 2 N–H and O–H groups in total. The molecule has 3 heterocycles. The number of esters is 1. The number of hydrogen-bond donors (Lipinski definition) is 2. The minimum Gasteiger partial charge on any atom is -0.487 e. The van der Waals surface area contributed by atoms with Crippen LogP contribution < -0.4 is 10.6 Å². The van der Waals surface area contributed by atoms with Crippen LogP contribution in [0.25, 0.3) is 11.3 Å². The average Bonchev–Trinajstić information content (AvgIpc) is 3.38. The van der Waals surface area contributed by atoms with E-state index in [1.54, 1.807) is 6.07 Å². The molecule has 6 nitrogen and oxygen atoms in total. The molecule has 1 unspecified atom stereocenters. The number of hydrogen-bond acceptors (Lipinski definition) is 5. The van der Waals surface area contributed by atoms with Crippen molar-refractivity contribution >= 4 is 28.9 Å². The van der Waals surface area contributed by atoms with Gasteiger partial charge in [-0.2, -0.15) is 0 Å². The van der Waals surface area contributed by atoms with Crippen LogP contribution >= 0.6 is 0 Å². The number of rotatable bonds is 4. The van der Waals surface area contributed by atoms with Gasteiger partial charge >= 0.3 is 5.97 Å². The minimum absolute atomic E-state index is 0.185. The first-order valence-corrected chi connectivity index (χ1v) is 9.61. The molecule has 0 saturated carbocycles. The van der Waals surface area contributed by atoms with Gasteiger partial charge in [-0.1, -0.05) is 18.2 Å². The van der Waals surface area contributed by atoms with Gasteiger partial charge in [0.2, 0.25) is 0 Å². The molecule has 0 aromatic heterocycles. The van der Waals surface area contributed by atoms with Crippen molar-refractivity contribution in [3.63, 3.8) is 0 Å². The van der Waals surface area contributed by atoms with Gasteiger partial charge in [0, 0.05) is 28.8 Å². The van der Waals surface area contributed by atoms with Crippen molar-refractivity contribution in [3.05, 3.63) is 64.5 Å². The Morgan fingerprint density at radius 2 is 2.00 bits per heavy atom. The van der Waals surface area contributed by atoms with Crippen molar-refractivity contribution in [2.24, 2.45) is 0 Å². The van der Waals surface area contributed by atoms with Gasteiger partial charge < -0.3 is 20.1 Å². The molecule has 1 amide bonds. The smallest absolute Gasteiger partial charge is 0.323 e. The van der Waals surface area contributed by atoms with Gasteiger partial charge in [0.1, 0.15) is 24.2 Å². The minimum atomic E-state index is -0.398. The van der Waals surface area contributed by atoms with E-state index in [9.17, 15) is 14.0 Å². The van der Waals surface area contributed by atoms with E-state index in [1.807, 2.05) is 12.1 Å². The molecule has 2 aromatic rings. The summed E-state index contributed by atoms with van der Waals surface area (Å²) in [5, 5.41) is 5.98. The Morgan fingerprint density at radius 3 is 2.83 bits per heavy atom. The van der Waals surface area contributed by atoms with Crippen LogP contribution in [0.5, 0.6) is 0 Å². The van der Waals surface area contributed by atoms with E-state index in [2.05, 4.69) is 16.7 Å². The van der Waals surface area contributed by atoms with Crippen LogP contribution in [0.1, 0.15) is 28.7 Å². The maximum absolute atomic E-state index is 13.7. The highest BCUT2D eigenvalue weighted by Crippen LogP contribution is 2.41. The number of fused-ring (bicyclic) bond motifs is 2. The number of benzene rings is 2. The third-order valence-corrected chi connectivity index (χ3v) is 5.48. The van der Waals surface area contributed by atoms with Gasteiger partial charge in [0.05, 0.1) is 12.2 Å². The summed E-state index contributed by atoms with van der Waals surface area (Å²) in [4.78, 5) is 24.0. The van der Waals surface area contributed by atoms with E-state index in [0.29, 0.717) is 48.8 Å². The predicted molar refractivity (Wildman–Crippen MR) is 104 cm³/mol. The topological polar surface area (TPSA) is 76.7 Å². The Labute approximate surface area is 166 Å². The summed E-state index contributed by atoms with van der Waals surface area (Å²) in [6.07, 6.45) is 1.47. The maximum atomic E-state index is 13.7. The van der Waals surface area contributed by atoms with Crippen LogP contribution in [-0.2, 0) is 32.1 Å². The zero-order chi connectivity index (χ0) is 20.0. The molecule has 3 aliphatic rings. The molecule has 0 radical (unpaired) electrons. The molecule has 1 atom stereocenters. The Kier molecular flexibility index (Phi) is 4.32. The van der Waals surface area contributed by atoms with E-state index >= 15 is 0 Å². The van der Waals surface area contributed by atoms with E-state index in [-0.39, 0.29) is 17.9 Å². The highest BCUT2D eigenvalue weighted by molar-refractivity contribution is 6.36. The lowest BCUT2D eigenvalue weighted by molar-refractivity contribution is -0.139. The molecule has 0 bridgehead atoms. The molecule has 0 spiro atoms. The summed E-state index contributed by atoms with van der Waals surface area (Å²) in [5.74, 6) is -0.383. The molecule has 7 heteroatoms. The molecule has 1 saturated heterocycles. The summed E-state index contributed by atoms with van der Waals surface area (Å²) in [5.41, 5.74) is 4.43. The third kappa shape index (κ3) is 3.17. The van der Waals surface area contributed by atoms with E-state index < -0.39 is 5.82 Å². The van der Waals surface area contributed by atoms with Crippen molar-refractivity contribution in [2.75, 3.05) is 18.5 Å². The van der Waals surface area contributed by atoms with E-state index in [4.69, 9.17) is 9.47 Å². The van der Waals surface area contributed by atoms with Crippen molar-refractivity contribution < 1.29 is 23.5 Å². The van der Waals surface area contributed by atoms with Gasteiger partial charge in [0.25, 0.3) is 5.91 Å². The Morgan fingerprint density at radius 1 is 1.10 bits per heavy atom. The number of amides is 1. The first-order chi connectivity index (χ1) is 14.1. The van der Waals surface area contributed by atoms with Crippen molar-refractivity contribution in [1.29, 1.82) is 0 Å². The molecule has 0 aliphatic carbocycles. The van der Waals surface area contributed by atoms with Gasteiger partial charge in [-0.05, 0) is 36.7 Å². The normalized spacial score (nSPS) is 22.2. The van der Waals surface area contributed by atoms with Crippen molar-refractivity contribution in [1.82, 2.24) is 5.32 Å². The zero-order valence-corrected chi connectivity index (χ0v) is 15.6. The van der Waals surface area contributed by atoms with Gasteiger partial charge in [0.15, 0.2) is 0 Å². The molecule has 1 fully saturated rings. The van der Waals surface area contributed by atoms with Crippen LogP contribution in [0, 0.1) is 5.82 Å². The molecular weight excluding hydrogens is 375 g/mol. The molecular formula is C22H19FN2O4. The van der Waals surface area contributed by atoms with Crippen molar-refractivity contribution in [3.8, 4) is 0 Å². The maximum Gasteiger partial charge on any atom is 0.323 e. The molecule has 148 valence electrons. The van der Waals surface area contributed by atoms with E-state index in [1.165, 1.54) is 12.1 Å². The summed E-state index contributed by atoms with van der Waals surface area (Å²) in [6, 6.07) is 9.99. The van der Waals surface area contributed by atoms with Crippen LogP contribution in [0.15, 0.2) is 36.4 Å². The number of anilines is 1. The number of nitrogens with one attached hydrogen (secondary N) is 2. The molecule has 5 rings (SSSR count). The first-order valence-electron chi connectivity index (χ1n) is 9.61. The number of carbonyl (C=O) groups excluding carboxylic acids is 2. The second-order valence-corrected chi connectivity index (χ2v) is 7.34. The Bertz CT molecular complexity index is 1060. The lowest BCUT2D eigenvalue weighted by Crippen LogP contribution is -2.34. The number of halogens is 1. The standard InChI is InChI=1S/C22H19FN2O4/c23-14-2-4-17-16(10-14)19(21(26)25-17)20-15-3-1-12(9-13(15)11-29-20)5-7-24-18-6-8-28-22(18)27/h1-4,9-10,18,24H,5-8,11H2,(H,25,26). The summed E-state index contributed by atoms with van der Waals surface area (Å²) < 4.78 is 24.5. The largest absolute Gasteiger partial charge is 0.487 e. The summed E-state index contributed by atoms with van der Waals surface area (Å²) in [7, 11) is 0. The molecule has 2 aromatic carbocycles. The Hall–Kier alpha value is -3.19.